The number of nitrogens with one attached hydrogen (secondary N) is 1. The molecule has 0 amide bonds. The molecule has 1 aromatic carbocycles. The maximum absolute atomic E-state index is 5.77. The number of hydrogen-bond acceptors (Lipinski definition) is 4. The second kappa shape index (κ2) is 9.66. The number of likely N-dealkylation sites (N-methyl/N-ethyl adjacent to an activating group) is 1. The van der Waals surface area contributed by atoms with Gasteiger partial charge in [0, 0.05) is 33.6 Å². The number of nitrogens with zero attached hydrogens (tertiary/aromatic N) is 5. The maximum atomic E-state index is 5.77. The minimum absolute atomic E-state index is 0.603. The lowest BCUT2D eigenvalue weighted by Crippen LogP contribution is -2.42. The SMILES string of the molecule is CCc1nncn1CCNC(=NC)N(C)CCOc1ccc(C)cc1. The second-order valence-electron chi connectivity index (χ2n) is 5.85. The van der Waals surface area contributed by atoms with Crippen LogP contribution in [-0.4, -0.2) is 59.4 Å². The number of guanidine groups is 1. The van der Waals surface area contributed by atoms with Crippen LogP contribution in [0.5, 0.6) is 5.75 Å². The van der Waals surface area contributed by atoms with E-state index >= 15 is 0 Å². The molecular formula is C18H28N6O. The Morgan fingerprint density at radius 1 is 1.32 bits per heavy atom. The summed E-state index contributed by atoms with van der Waals surface area (Å²) in [6.45, 7) is 7.07. The number of aliphatic imine (C=N–C) groups is 1. The van der Waals surface area contributed by atoms with Gasteiger partial charge in [-0.2, -0.15) is 0 Å². The summed E-state index contributed by atoms with van der Waals surface area (Å²) in [6.07, 6.45) is 2.65. The van der Waals surface area contributed by atoms with Gasteiger partial charge in [0.25, 0.3) is 0 Å². The van der Waals surface area contributed by atoms with E-state index in [1.165, 1.54) is 5.56 Å². The van der Waals surface area contributed by atoms with Crippen molar-refractivity contribution in [3.05, 3.63) is 42.0 Å². The zero-order valence-corrected chi connectivity index (χ0v) is 15.6. The smallest absolute Gasteiger partial charge is 0.193 e. The predicted molar refractivity (Wildman–Crippen MR) is 100 cm³/mol. The minimum atomic E-state index is 0.603. The fraction of sp³-hybridized carbons (Fsp3) is 0.500. The van der Waals surface area contributed by atoms with Gasteiger partial charge in [0.15, 0.2) is 5.96 Å². The van der Waals surface area contributed by atoms with Crippen LogP contribution < -0.4 is 10.1 Å². The minimum Gasteiger partial charge on any atom is -0.492 e. The molecule has 0 radical (unpaired) electrons. The summed E-state index contributed by atoms with van der Waals surface area (Å²) in [5.74, 6) is 2.73. The van der Waals surface area contributed by atoms with E-state index in [0.29, 0.717) is 6.61 Å². The van der Waals surface area contributed by atoms with Gasteiger partial charge in [-0.15, -0.1) is 10.2 Å². The molecule has 2 aromatic rings. The Labute approximate surface area is 149 Å². The zero-order valence-electron chi connectivity index (χ0n) is 15.6. The molecule has 0 saturated carbocycles. The van der Waals surface area contributed by atoms with Gasteiger partial charge in [0.05, 0.1) is 6.54 Å². The first-order valence-electron chi connectivity index (χ1n) is 8.62. The van der Waals surface area contributed by atoms with Gasteiger partial charge in [0.2, 0.25) is 0 Å². The molecule has 25 heavy (non-hydrogen) atoms. The van der Waals surface area contributed by atoms with Gasteiger partial charge in [0.1, 0.15) is 24.5 Å². The molecule has 2 rings (SSSR count). The van der Waals surface area contributed by atoms with Crippen molar-refractivity contribution in [3.63, 3.8) is 0 Å². The monoisotopic (exact) mass is 344 g/mol. The summed E-state index contributed by atoms with van der Waals surface area (Å²) in [5, 5.41) is 11.4. The highest BCUT2D eigenvalue weighted by Crippen LogP contribution is 2.11. The van der Waals surface area contributed by atoms with Crippen molar-refractivity contribution in [1.29, 1.82) is 0 Å². The first-order chi connectivity index (χ1) is 12.1. The molecule has 7 heteroatoms. The standard InChI is InChI=1S/C18H28N6O/c1-5-17-22-21-14-24(17)11-10-20-18(19-3)23(4)12-13-25-16-8-6-15(2)7-9-16/h6-9,14H,5,10-13H2,1-4H3,(H,19,20). The number of aromatic nitrogens is 3. The topological polar surface area (TPSA) is 67.6 Å². The summed E-state index contributed by atoms with van der Waals surface area (Å²) in [6, 6.07) is 8.09. The Morgan fingerprint density at radius 3 is 2.76 bits per heavy atom. The molecule has 0 aliphatic rings. The fourth-order valence-corrected chi connectivity index (χ4v) is 2.45. The van der Waals surface area contributed by atoms with Crippen molar-refractivity contribution in [3.8, 4) is 5.75 Å². The molecule has 0 fully saturated rings. The Balaban J connectivity index is 1.72. The van der Waals surface area contributed by atoms with Gasteiger partial charge >= 0.3 is 0 Å². The van der Waals surface area contributed by atoms with Crippen LogP contribution in [0.3, 0.4) is 0 Å². The maximum Gasteiger partial charge on any atom is 0.193 e. The molecule has 1 N–H and O–H groups in total. The summed E-state index contributed by atoms with van der Waals surface area (Å²) in [5.41, 5.74) is 1.23. The quantitative estimate of drug-likeness (QED) is 0.583. The number of benzene rings is 1. The van der Waals surface area contributed by atoms with Crippen LogP contribution in [0.2, 0.25) is 0 Å². The molecule has 0 atom stereocenters. The Kier molecular flexibility index (Phi) is 7.25. The number of rotatable bonds is 8. The molecule has 0 aliphatic heterocycles. The van der Waals surface area contributed by atoms with Gasteiger partial charge in [-0.3, -0.25) is 4.99 Å². The van der Waals surface area contributed by atoms with E-state index in [4.69, 9.17) is 4.74 Å². The van der Waals surface area contributed by atoms with Crippen molar-refractivity contribution in [2.45, 2.75) is 26.8 Å². The zero-order chi connectivity index (χ0) is 18.1. The van der Waals surface area contributed by atoms with Crippen molar-refractivity contribution in [2.24, 2.45) is 4.99 Å². The van der Waals surface area contributed by atoms with Gasteiger partial charge in [-0.25, -0.2) is 0 Å². The van der Waals surface area contributed by atoms with Crippen LogP contribution >= 0.6 is 0 Å². The van der Waals surface area contributed by atoms with Crippen LogP contribution in [0, 0.1) is 6.92 Å². The number of ether oxygens (including phenoxy) is 1. The summed E-state index contributed by atoms with van der Waals surface area (Å²) >= 11 is 0. The second-order valence-corrected chi connectivity index (χ2v) is 5.85. The van der Waals surface area contributed by atoms with Crippen LogP contribution in [0.15, 0.2) is 35.6 Å². The average Bonchev–Trinajstić information content (AvgIpc) is 3.08. The van der Waals surface area contributed by atoms with E-state index in [1.807, 2.05) is 19.2 Å². The van der Waals surface area contributed by atoms with E-state index in [9.17, 15) is 0 Å². The van der Waals surface area contributed by atoms with E-state index in [0.717, 1.165) is 43.6 Å². The lowest BCUT2D eigenvalue weighted by atomic mass is 10.2. The Hall–Kier alpha value is -2.57. The molecule has 1 aromatic heterocycles. The first kappa shape index (κ1) is 18.8. The van der Waals surface area contributed by atoms with Crippen LogP contribution in [0.25, 0.3) is 0 Å². The molecule has 1 heterocycles. The molecule has 0 unspecified atom stereocenters. The molecule has 0 spiro atoms. The highest BCUT2D eigenvalue weighted by Gasteiger charge is 2.07. The third-order valence-electron chi connectivity index (χ3n) is 3.94. The number of hydrogen-bond donors (Lipinski definition) is 1. The van der Waals surface area contributed by atoms with Gasteiger partial charge < -0.3 is 19.5 Å². The lowest BCUT2D eigenvalue weighted by molar-refractivity contribution is 0.281. The largest absolute Gasteiger partial charge is 0.492 e. The summed E-state index contributed by atoms with van der Waals surface area (Å²) < 4.78 is 7.83. The van der Waals surface area contributed by atoms with E-state index in [-0.39, 0.29) is 0 Å². The van der Waals surface area contributed by atoms with Crippen LogP contribution in [0.1, 0.15) is 18.3 Å². The van der Waals surface area contributed by atoms with Crippen LogP contribution in [0.4, 0.5) is 0 Å². The average molecular weight is 344 g/mol. The van der Waals surface area contributed by atoms with Crippen molar-refractivity contribution < 1.29 is 4.74 Å². The van der Waals surface area contributed by atoms with Crippen molar-refractivity contribution >= 4 is 5.96 Å². The highest BCUT2D eigenvalue weighted by atomic mass is 16.5. The molecule has 136 valence electrons. The lowest BCUT2D eigenvalue weighted by Gasteiger charge is -2.22. The predicted octanol–water partition coefficient (Wildman–Crippen LogP) is 1.74. The number of aryl methyl sites for hydroxylation is 2. The van der Waals surface area contributed by atoms with E-state index in [1.54, 1.807) is 13.4 Å². The first-order valence-corrected chi connectivity index (χ1v) is 8.62. The van der Waals surface area contributed by atoms with Crippen molar-refractivity contribution in [2.75, 3.05) is 33.8 Å². The third-order valence-corrected chi connectivity index (χ3v) is 3.94. The highest BCUT2D eigenvalue weighted by molar-refractivity contribution is 5.79. The molecule has 0 bridgehead atoms. The normalized spacial score (nSPS) is 11.4. The fourth-order valence-electron chi connectivity index (χ4n) is 2.45. The van der Waals surface area contributed by atoms with Crippen molar-refractivity contribution in [1.82, 2.24) is 25.0 Å². The Bertz CT molecular complexity index is 664. The summed E-state index contributed by atoms with van der Waals surface area (Å²) in [4.78, 5) is 6.38. The Morgan fingerprint density at radius 2 is 2.08 bits per heavy atom. The van der Waals surface area contributed by atoms with Gasteiger partial charge in [-0.05, 0) is 19.1 Å². The molecule has 0 saturated heterocycles. The molecular weight excluding hydrogens is 316 g/mol. The summed E-state index contributed by atoms with van der Waals surface area (Å²) in [7, 11) is 3.79. The van der Waals surface area contributed by atoms with Crippen LogP contribution in [-0.2, 0) is 13.0 Å². The molecule has 0 aliphatic carbocycles. The van der Waals surface area contributed by atoms with Gasteiger partial charge in [-0.1, -0.05) is 24.6 Å². The van der Waals surface area contributed by atoms with E-state index in [2.05, 4.69) is 56.0 Å². The third kappa shape index (κ3) is 5.77. The molecule has 7 nitrogen and oxygen atoms in total. The van der Waals surface area contributed by atoms with E-state index < -0.39 is 0 Å².